The van der Waals surface area contributed by atoms with Crippen LogP contribution < -0.4 is 0 Å². The molecule has 0 aliphatic carbocycles. The van der Waals surface area contributed by atoms with Gasteiger partial charge in [0, 0.05) is 22.2 Å². The molecular formula is C9H3Cl2NO3S. The van der Waals surface area contributed by atoms with Crippen LogP contribution in [0.15, 0.2) is 18.2 Å². The minimum atomic E-state index is -0.658. The quantitative estimate of drug-likeness (QED) is 0.475. The predicted octanol–water partition coefficient (Wildman–Crippen LogP) is 3.84. The molecular weight excluding hydrogens is 273 g/mol. The molecule has 0 saturated heterocycles. The number of hydrogen-bond acceptors (Lipinski definition) is 4. The minimum Gasteiger partial charge on any atom is -0.275 e. The molecule has 0 N–H and O–H groups in total. The molecule has 0 bridgehead atoms. The zero-order valence-corrected chi connectivity index (χ0v) is 9.90. The molecule has 7 heteroatoms. The van der Waals surface area contributed by atoms with Crippen LogP contribution >= 0.6 is 34.5 Å². The van der Waals surface area contributed by atoms with Crippen LogP contribution in [0, 0.1) is 10.1 Å². The Morgan fingerprint density at radius 3 is 2.69 bits per heavy atom. The number of rotatable bonds is 2. The third-order valence-corrected chi connectivity index (χ3v) is 3.98. The van der Waals surface area contributed by atoms with E-state index in [1.165, 1.54) is 12.1 Å². The van der Waals surface area contributed by atoms with Crippen molar-refractivity contribution in [2.45, 2.75) is 0 Å². The number of fused-ring (bicyclic) bond motifs is 1. The highest BCUT2D eigenvalue weighted by Crippen LogP contribution is 2.37. The van der Waals surface area contributed by atoms with Gasteiger partial charge in [0.1, 0.15) is 4.88 Å². The van der Waals surface area contributed by atoms with Gasteiger partial charge in [0.2, 0.25) is 0 Å². The molecule has 0 saturated carbocycles. The summed E-state index contributed by atoms with van der Waals surface area (Å²) in [5.41, 5.74) is -0.0687. The van der Waals surface area contributed by atoms with Crippen LogP contribution in [-0.2, 0) is 0 Å². The average molecular weight is 276 g/mol. The lowest BCUT2D eigenvalue weighted by molar-refractivity contribution is -0.384. The van der Waals surface area contributed by atoms with Crippen molar-refractivity contribution < 1.29 is 9.72 Å². The SMILES string of the molecule is O=C(Cl)c1sc2ccc([N+](=O)[O-])cc2c1Cl. The van der Waals surface area contributed by atoms with E-state index >= 15 is 0 Å². The van der Waals surface area contributed by atoms with E-state index in [0.717, 1.165) is 11.3 Å². The van der Waals surface area contributed by atoms with E-state index < -0.39 is 10.2 Å². The van der Waals surface area contributed by atoms with Gasteiger partial charge in [0.25, 0.3) is 10.9 Å². The van der Waals surface area contributed by atoms with Crippen molar-refractivity contribution in [1.82, 2.24) is 0 Å². The van der Waals surface area contributed by atoms with Gasteiger partial charge in [-0.05, 0) is 17.7 Å². The molecule has 82 valence electrons. The molecule has 16 heavy (non-hydrogen) atoms. The van der Waals surface area contributed by atoms with Crippen LogP contribution in [0.2, 0.25) is 5.02 Å². The first-order valence-corrected chi connectivity index (χ1v) is 5.64. The Morgan fingerprint density at radius 2 is 2.12 bits per heavy atom. The topological polar surface area (TPSA) is 60.2 Å². The molecule has 0 amide bonds. The average Bonchev–Trinajstić information content (AvgIpc) is 2.56. The van der Waals surface area contributed by atoms with Gasteiger partial charge < -0.3 is 0 Å². The summed E-state index contributed by atoms with van der Waals surface area (Å²) in [6, 6.07) is 4.24. The van der Waals surface area contributed by atoms with E-state index in [4.69, 9.17) is 23.2 Å². The van der Waals surface area contributed by atoms with Gasteiger partial charge >= 0.3 is 0 Å². The largest absolute Gasteiger partial charge is 0.275 e. The molecule has 1 aromatic heterocycles. The minimum absolute atomic E-state index is 0.0687. The Labute approximate surface area is 104 Å². The molecule has 2 rings (SSSR count). The van der Waals surface area contributed by atoms with Crippen LogP contribution in [-0.4, -0.2) is 10.2 Å². The van der Waals surface area contributed by atoms with Crippen molar-refractivity contribution in [2.24, 2.45) is 0 Å². The third kappa shape index (κ3) is 1.77. The first kappa shape index (κ1) is 11.3. The lowest BCUT2D eigenvalue weighted by atomic mass is 10.2. The van der Waals surface area contributed by atoms with Gasteiger partial charge in [0.15, 0.2) is 0 Å². The van der Waals surface area contributed by atoms with Crippen molar-refractivity contribution in [3.05, 3.63) is 38.2 Å². The molecule has 0 atom stereocenters. The van der Waals surface area contributed by atoms with Gasteiger partial charge in [0.05, 0.1) is 9.95 Å². The lowest BCUT2D eigenvalue weighted by Crippen LogP contribution is -1.86. The van der Waals surface area contributed by atoms with Crippen LogP contribution in [0.1, 0.15) is 9.67 Å². The molecule has 0 spiro atoms. The number of nitrogens with zero attached hydrogens (tertiary/aromatic N) is 1. The summed E-state index contributed by atoms with van der Waals surface area (Å²) in [6.45, 7) is 0. The predicted molar refractivity (Wildman–Crippen MR) is 63.7 cm³/mol. The number of nitro groups is 1. The van der Waals surface area contributed by atoms with Crippen molar-refractivity contribution in [2.75, 3.05) is 0 Å². The number of nitro benzene ring substituents is 1. The zero-order valence-electron chi connectivity index (χ0n) is 7.57. The molecule has 0 fully saturated rings. The number of carbonyl (C=O) groups is 1. The molecule has 2 aromatic rings. The third-order valence-electron chi connectivity index (χ3n) is 2.00. The van der Waals surface area contributed by atoms with Gasteiger partial charge in [-0.1, -0.05) is 11.6 Å². The molecule has 0 radical (unpaired) electrons. The molecule has 1 heterocycles. The Kier molecular flexibility index (Phi) is 2.84. The van der Waals surface area contributed by atoms with Crippen LogP contribution in [0.3, 0.4) is 0 Å². The maximum atomic E-state index is 11.0. The summed E-state index contributed by atoms with van der Waals surface area (Å²) in [4.78, 5) is 21.3. The smallest absolute Gasteiger partial charge is 0.270 e. The number of benzene rings is 1. The lowest BCUT2D eigenvalue weighted by Gasteiger charge is -1.91. The normalized spacial score (nSPS) is 10.6. The second kappa shape index (κ2) is 4.01. The maximum Gasteiger partial charge on any atom is 0.270 e. The first-order chi connectivity index (χ1) is 7.50. The van der Waals surface area contributed by atoms with E-state index in [1.54, 1.807) is 6.07 Å². The highest BCUT2D eigenvalue weighted by molar-refractivity contribution is 7.23. The summed E-state index contributed by atoms with van der Waals surface area (Å²) in [7, 11) is 0. The second-order valence-corrected chi connectivity index (χ2v) is 4.73. The van der Waals surface area contributed by atoms with E-state index in [2.05, 4.69) is 0 Å². The molecule has 1 aromatic carbocycles. The molecule has 0 aliphatic rings. The van der Waals surface area contributed by atoms with E-state index in [-0.39, 0.29) is 15.6 Å². The summed E-state index contributed by atoms with van der Waals surface area (Å²) in [5, 5.41) is 10.6. The van der Waals surface area contributed by atoms with Crippen LogP contribution in [0.4, 0.5) is 5.69 Å². The summed E-state index contributed by atoms with van der Waals surface area (Å²) in [5.74, 6) is 0. The number of hydrogen-bond donors (Lipinski definition) is 0. The van der Waals surface area contributed by atoms with Crippen LogP contribution in [0.5, 0.6) is 0 Å². The summed E-state index contributed by atoms with van der Waals surface area (Å²) in [6.07, 6.45) is 0. The Hall–Kier alpha value is -1.17. The van der Waals surface area contributed by atoms with Crippen molar-refractivity contribution in [1.29, 1.82) is 0 Å². The second-order valence-electron chi connectivity index (χ2n) is 2.96. The van der Waals surface area contributed by atoms with Crippen molar-refractivity contribution in [3.63, 3.8) is 0 Å². The van der Waals surface area contributed by atoms with E-state index in [0.29, 0.717) is 10.1 Å². The van der Waals surface area contributed by atoms with Gasteiger partial charge in [-0.25, -0.2) is 0 Å². The number of carbonyl (C=O) groups excluding carboxylic acids is 1. The Bertz CT molecular complexity index is 608. The fourth-order valence-electron chi connectivity index (χ4n) is 1.30. The summed E-state index contributed by atoms with van der Waals surface area (Å²) < 4.78 is 0.694. The Balaban J connectivity index is 2.73. The number of non-ortho nitro benzene ring substituents is 1. The maximum absolute atomic E-state index is 11.0. The molecule has 0 aliphatic heterocycles. The van der Waals surface area contributed by atoms with Crippen LogP contribution in [0.25, 0.3) is 10.1 Å². The Morgan fingerprint density at radius 1 is 1.44 bits per heavy atom. The van der Waals surface area contributed by atoms with Gasteiger partial charge in [-0.15, -0.1) is 11.3 Å². The van der Waals surface area contributed by atoms with Gasteiger partial charge in [-0.2, -0.15) is 0 Å². The standard InChI is InChI=1S/C9H3Cl2NO3S/c10-7-5-3-4(12(14)15)1-2-6(5)16-8(7)9(11)13/h1-3H. The van der Waals surface area contributed by atoms with Crippen molar-refractivity contribution in [3.8, 4) is 0 Å². The molecule has 0 unspecified atom stereocenters. The summed E-state index contributed by atoms with van der Waals surface area (Å²) >= 11 is 12.4. The fraction of sp³-hybridized carbons (Fsp3) is 0. The fourth-order valence-corrected chi connectivity index (χ4v) is 2.87. The number of halogens is 2. The zero-order chi connectivity index (χ0) is 11.9. The van der Waals surface area contributed by atoms with E-state index in [9.17, 15) is 14.9 Å². The van der Waals surface area contributed by atoms with Crippen molar-refractivity contribution >= 4 is 55.6 Å². The first-order valence-electron chi connectivity index (χ1n) is 4.07. The molecule has 4 nitrogen and oxygen atoms in total. The van der Waals surface area contributed by atoms with E-state index in [1.807, 2.05) is 0 Å². The number of thiophene rings is 1. The highest BCUT2D eigenvalue weighted by Gasteiger charge is 2.17. The highest BCUT2D eigenvalue weighted by atomic mass is 35.5. The monoisotopic (exact) mass is 275 g/mol. The van der Waals surface area contributed by atoms with Gasteiger partial charge in [-0.3, -0.25) is 14.9 Å².